The number of rotatable bonds is 5. The van der Waals surface area contributed by atoms with Crippen LogP contribution in [0.1, 0.15) is 52.4 Å². The molecule has 0 unspecified atom stereocenters. The van der Waals surface area contributed by atoms with Crippen molar-refractivity contribution in [1.82, 2.24) is 30.0 Å². The molecule has 38 heavy (non-hydrogen) atoms. The molecule has 2 bridgehead atoms. The fraction of sp³-hybridized carbons (Fsp3) is 0.519. The highest BCUT2D eigenvalue weighted by molar-refractivity contribution is 5.71. The quantitative estimate of drug-likeness (QED) is 0.523. The summed E-state index contributed by atoms with van der Waals surface area (Å²) in [6.45, 7) is 4.17. The van der Waals surface area contributed by atoms with Gasteiger partial charge in [0.15, 0.2) is 17.5 Å². The Balaban J connectivity index is 1.29. The number of phenols is 1. The van der Waals surface area contributed by atoms with Crippen molar-refractivity contribution in [3.05, 3.63) is 46.9 Å². The Labute approximate surface area is 219 Å². The van der Waals surface area contributed by atoms with Gasteiger partial charge in [-0.25, -0.2) is 18.6 Å². The second-order valence-corrected chi connectivity index (χ2v) is 11.5. The molecule has 2 aromatic heterocycles. The maximum Gasteiger partial charge on any atom is 0.348 e. The van der Waals surface area contributed by atoms with Crippen molar-refractivity contribution < 1.29 is 13.9 Å². The van der Waals surface area contributed by atoms with Crippen LogP contribution in [0.25, 0.3) is 22.6 Å². The Bertz CT molecular complexity index is 1440. The van der Waals surface area contributed by atoms with Gasteiger partial charge in [-0.1, -0.05) is 6.07 Å². The summed E-state index contributed by atoms with van der Waals surface area (Å²) in [6.07, 6.45) is 7.03. The van der Waals surface area contributed by atoms with Crippen molar-refractivity contribution in [1.29, 1.82) is 0 Å². The Morgan fingerprint density at radius 1 is 1.21 bits per heavy atom. The zero-order chi connectivity index (χ0) is 26.8. The zero-order valence-corrected chi connectivity index (χ0v) is 21.7. The first-order valence-corrected chi connectivity index (χ1v) is 13.1. The summed E-state index contributed by atoms with van der Waals surface area (Å²) in [5.74, 6) is -0.172. The van der Waals surface area contributed by atoms with Crippen molar-refractivity contribution in [2.24, 2.45) is 7.05 Å². The molecule has 2 saturated heterocycles. The van der Waals surface area contributed by atoms with Gasteiger partial charge in [0.2, 0.25) is 0 Å². The minimum absolute atomic E-state index is 0.126. The third-order valence-corrected chi connectivity index (χ3v) is 8.28. The minimum Gasteiger partial charge on any atom is -0.507 e. The lowest BCUT2D eigenvalue weighted by molar-refractivity contribution is 0.000258. The van der Waals surface area contributed by atoms with Gasteiger partial charge in [0.05, 0.1) is 17.8 Å². The van der Waals surface area contributed by atoms with E-state index in [-0.39, 0.29) is 40.5 Å². The van der Waals surface area contributed by atoms with Crippen molar-refractivity contribution >= 4 is 5.82 Å². The third-order valence-electron chi connectivity index (χ3n) is 8.28. The number of aromatic nitrogens is 5. The molecule has 9 nitrogen and oxygen atoms in total. The van der Waals surface area contributed by atoms with Crippen LogP contribution in [0, 0.1) is 5.82 Å². The van der Waals surface area contributed by atoms with Gasteiger partial charge in [-0.3, -0.25) is 4.57 Å². The molecule has 6 rings (SSSR count). The molecule has 4 atom stereocenters. The highest BCUT2D eigenvalue weighted by Gasteiger charge is 2.55. The average molecular weight is 524 g/mol. The molecule has 4 heterocycles. The Kier molecular flexibility index (Phi) is 5.75. The number of hydrogen-bond acceptors (Lipinski definition) is 8. The van der Waals surface area contributed by atoms with Crippen molar-refractivity contribution in [3.63, 3.8) is 0 Å². The summed E-state index contributed by atoms with van der Waals surface area (Å²) in [5.41, 5.74) is -0.912. The van der Waals surface area contributed by atoms with Crippen LogP contribution in [0.3, 0.4) is 0 Å². The molecule has 2 aliphatic heterocycles. The van der Waals surface area contributed by atoms with Crippen molar-refractivity contribution in [2.45, 2.75) is 81.7 Å². The van der Waals surface area contributed by atoms with E-state index in [1.54, 1.807) is 6.20 Å². The number of alkyl halides is 1. The molecular weight excluding hydrogens is 492 g/mol. The van der Waals surface area contributed by atoms with E-state index in [1.165, 1.54) is 25.2 Å². The first-order chi connectivity index (χ1) is 18.1. The Morgan fingerprint density at radius 2 is 2.00 bits per heavy atom. The van der Waals surface area contributed by atoms with Crippen LogP contribution in [-0.2, 0) is 7.05 Å². The number of phenolic OH excluding ortho intramolecular Hbond substituents is 1. The molecule has 3 fully saturated rings. The molecule has 0 spiro atoms. The van der Waals surface area contributed by atoms with Gasteiger partial charge < -0.3 is 15.3 Å². The van der Waals surface area contributed by atoms with Gasteiger partial charge in [-0.05, 0) is 64.5 Å². The summed E-state index contributed by atoms with van der Waals surface area (Å²) in [6, 6.07) is 4.27. The van der Waals surface area contributed by atoms with Gasteiger partial charge in [0.1, 0.15) is 17.6 Å². The van der Waals surface area contributed by atoms with Crippen molar-refractivity contribution in [3.8, 4) is 28.4 Å². The number of fused-ring (bicyclic) bond motifs is 2. The number of piperidine rings is 2. The highest BCUT2D eigenvalue weighted by Crippen LogP contribution is 2.46. The van der Waals surface area contributed by atoms with E-state index in [0.717, 1.165) is 42.9 Å². The Morgan fingerprint density at radius 3 is 2.68 bits per heavy atom. The maximum absolute atomic E-state index is 16.0. The Hall–Kier alpha value is -3.47. The lowest BCUT2D eigenvalue weighted by atomic mass is 9.68. The molecule has 1 aromatic carbocycles. The molecule has 1 saturated carbocycles. The summed E-state index contributed by atoms with van der Waals surface area (Å²) in [4.78, 5) is 22.2. The molecule has 200 valence electrons. The highest BCUT2D eigenvalue weighted by atomic mass is 19.1. The average Bonchev–Trinajstić information content (AvgIpc) is 3.70. The maximum atomic E-state index is 16.0. The van der Waals surface area contributed by atoms with Gasteiger partial charge in [0.25, 0.3) is 0 Å². The van der Waals surface area contributed by atoms with Crippen LogP contribution in [0.4, 0.5) is 14.6 Å². The van der Waals surface area contributed by atoms with Gasteiger partial charge in [0, 0.05) is 35.9 Å². The van der Waals surface area contributed by atoms with E-state index in [4.69, 9.17) is 0 Å². The van der Waals surface area contributed by atoms with E-state index in [2.05, 4.69) is 37.3 Å². The topological polar surface area (TPSA) is 109 Å². The molecule has 3 aromatic rings. The van der Waals surface area contributed by atoms with Gasteiger partial charge >= 0.3 is 5.69 Å². The van der Waals surface area contributed by atoms with Crippen LogP contribution in [-0.4, -0.2) is 59.2 Å². The summed E-state index contributed by atoms with van der Waals surface area (Å²) in [5, 5.41) is 23.0. The van der Waals surface area contributed by atoms with Crippen LogP contribution in [0.2, 0.25) is 0 Å². The predicted molar refractivity (Wildman–Crippen MR) is 138 cm³/mol. The molecule has 0 amide bonds. The zero-order valence-electron chi connectivity index (χ0n) is 21.7. The molecule has 1 aliphatic carbocycles. The van der Waals surface area contributed by atoms with E-state index >= 15 is 4.39 Å². The molecule has 2 N–H and O–H groups in total. The number of aryl methyl sites for hydroxylation is 1. The molecule has 0 radical (unpaired) electrons. The first kappa shape index (κ1) is 24.8. The van der Waals surface area contributed by atoms with E-state index in [0.29, 0.717) is 17.8 Å². The first-order valence-electron chi connectivity index (χ1n) is 13.1. The number of anilines is 1. The van der Waals surface area contributed by atoms with Crippen LogP contribution < -0.4 is 15.9 Å². The van der Waals surface area contributed by atoms with E-state index in [1.807, 2.05) is 6.92 Å². The minimum atomic E-state index is -1.06. The number of nitrogens with zero attached hydrogens (tertiary/aromatic N) is 6. The van der Waals surface area contributed by atoms with Gasteiger partial charge in [-0.15, -0.1) is 10.2 Å². The van der Waals surface area contributed by atoms with Gasteiger partial charge in [-0.2, -0.15) is 4.98 Å². The summed E-state index contributed by atoms with van der Waals surface area (Å²) < 4.78 is 31.4. The second-order valence-electron chi connectivity index (χ2n) is 11.5. The molecule has 11 heteroatoms. The summed E-state index contributed by atoms with van der Waals surface area (Å²) in [7, 11) is 1.41. The number of benzene rings is 1. The molecule has 3 aliphatic rings. The van der Waals surface area contributed by atoms with Crippen LogP contribution in [0.15, 0.2) is 35.4 Å². The standard InChI is InChI=1S/C27H31F2N7O2/c1-26-9-4-10-27(2,34-26)23(29)19(12-26)36(16-6-7-16)21-13-30-24(33-32-21)17-8-5-15(11-20(17)37)22-18(28)14-35(3)25(38)31-22/h5,8,11,13-14,16,19,23,34,37H,4,6-7,9-10,12H2,1-3H3/t19-,23-,26-,27+/m1/s1. The molecular formula is C27H31F2N7O2. The van der Waals surface area contributed by atoms with Crippen LogP contribution in [0.5, 0.6) is 5.75 Å². The largest absolute Gasteiger partial charge is 0.507 e. The lowest BCUT2D eigenvalue weighted by Gasteiger charge is -2.57. The normalized spacial score (nSPS) is 28.8. The van der Waals surface area contributed by atoms with E-state index in [9.17, 15) is 14.3 Å². The predicted octanol–water partition coefficient (Wildman–Crippen LogP) is 3.51. The second kappa shape index (κ2) is 8.79. The third kappa shape index (κ3) is 4.22. The number of hydrogen-bond donors (Lipinski definition) is 2. The fourth-order valence-electron chi connectivity index (χ4n) is 6.33. The number of halogens is 2. The van der Waals surface area contributed by atoms with Crippen LogP contribution >= 0.6 is 0 Å². The fourth-order valence-corrected chi connectivity index (χ4v) is 6.33. The number of nitrogens with one attached hydrogen (secondary N) is 1. The monoisotopic (exact) mass is 523 g/mol. The van der Waals surface area contributed by atoms with E-state index < -0.39 is 23.2 Å². The summed E-state index contributed by atoms with van der Waals surface area (Å²) >= 11 is 0. The lowest BCUT2D eigenvalue weighted by Crippen LogP contribution is -2.73. The SMILES string of the molecule is Cn1cc(F)c(-c2ccc(-c3ncc(N(C4CC4)[C@@H]4C[C@@]5(C)CCC[C@](C)(N5)[C@@H]4F)nn3)c(O)c2)nc1=O. The smallest absolute Gasteiger partial charge is 0.348 e. The number of aromatic hydroxyl groups is 1. The van der Waals surface area contributed by atoms with Crippen molar-refractivity contribution in [2.75, 3.05) is 4.90 Å².